The number of nitrogens with zero attached hydrogens (tertiary/aromatic N) is 3. The zero-order chi connectivity index (χ0) is 19.6. The van der Waals surface area contributed by atoms with Crippen molar-refractivity contribution in [2.75, 3.05) is 4.90 Å². The molecule has 0 N–H and O–H groups in total. The Bertz CT molecular complexity index is 840. The maximum absolute atomic E-state index is 12.1. The predicted molar refractivity (Wildman–Crippen MR) is 112 cm³/mol. The third-order valence-electron chi connectivity index (χ3n) is 3.91. The van der Waals surface area contributed by atoms with Crippen molar-refractivity contribution in [2.24, 2.45) is 0 Å². The summed E-state index contributed by atoms with van der Waals surface area (Å²) in [5, 5.41) is 0. The molecular weight excluding hydrogens is 334 g/mol. The number of carbonyl (C=O) groups is 1. The second-order valence-corrected chi connectivity index (χ2v) is 6.66. The molecule has 3 aromatic rings. The van der Waals surface area contributed by atoms with Crippen LogP contribution in [-0.4, -0.2) is 15.5 Å². The van der Waals surface area contributed by atoms with Gasteiger partial charge in [0.2, 0.25) is 5.91 Å². The Morgan fingerprint density at radius 3 is 2.30 bits per heavy atom. The van der Waals surface area contributed by atoms with E-state index in [9.17, 15) is 4.79 Å². The summed E-state index contributed by atoms with van der Waals surface area (Å²) in [4.78, 5) is 18.2. The van der Waals surface area contributed by atoms with Gasteiger partial charge in [-0.15, -0.1) is 0 Å². The van der Waals surface area contributed by atoms with Gasteiger partial charge in [-0.1, -0.05) is 62.7 Å². The molecule has 0 atom stereocenters. The van der Waals surface area contributed by atoms with Gasteiger partial charge in [-0.2, -0.15) is 0 Å². The summed E-state index contributed by atoms with van der Waals surface area (Å²) < 4.78 is 2.05. The quantitative estimate of drug-likeness (QED) is 0.624. The van der Waals surface area contributed by atoms with E-state index in [4.69, 9.17) is 0 Å². The van der Waals surface area contributed by atoms with Gasteiger partial charge >= 0.3 is 0 Å². The zero-order valence-corrected chi connectivity index (χ0v) is 16.7. The van der Waals surface area contributed by atoms with E-state index in [-0.39, 0.29) is 5.91 Å². The number of benzene rings is 2. The minimum atomic E-state index is 0.0366. The topological polar surface area (TPSA) is 38.1 Å². The molecule has 27 heavy (non-hydrogen) atoms. The summed E-state index contributed by atoms with van der Waals surface area (Å²) in [6.07, 6.45) is 5.09. The van der Waals surface area contributed by atoms with Crippen molar-refractivity contribution < 1.29 is 4.79 Å². The van der Waals surface area contributed by atoms with Gasteiger partial charge in [0.25, 0.3) is 0 Å². The molecule has 1 heterocycles. The lowest BCUT2D eigenvalue weighted by atomic mass is 10.1. The first kappa shape index (κ1) is 20.4. The molecule has 0 unspecified atom stereocenters. The number of aryl methyl sites for hydroxylation is 1. The molecule has 0 aliphatic rings. The van der Waals surface area contributed by atoms with E-state index >= 15 is 0 Å². The van der Waals surface area contributed by atoms with Crippen LogP contribution in [0.1, 0.15) is 44.0 Å². The van der Waals surface area contributed by atoms with Crippen LogP contribution in [0.5, 0.6) is 0 Å². The lowest BCUT2D eigenvalue weighted by Gasteiger charge is -2.22. The average molecular weight is 364 g/mol. The first-order chi connectivity index (χ1) is 13.0. The van der Waals surface area contributed by atoms with Gasteiger partial charge in [-0.3, -0.25) is 4.79 Å². The number of hydrogen-bond donors (Lipinski definition) is 0. The minimum absolute atomic E-state index is 0.0366. The highest BCUT2D eigenvalue weighted by Gasteiger charge is 2.12. The largest absolute Gasteiger partial charge is 0.333 e. The normalized spacial score (nSPS) is 10.1. The number of aromatic nitrogens is 2. The molecule has 1 amide bonds. The van der Waals surface area contributed by atoms with Crippen LogP contribution in [-0.2, 0) is 17.9 Å². The smallest absolute Gasteiger partial charge is 0.224 e. The molecule has 0 aliphatic carbocycles. The number of hydrogen-bond acceptors (Lipinski definition) is 2. The van der Waals surface area contributed by atoms with E-state index in [2.05, 4.69) is 31.0 Å². The van der Waals surface area contributed by atoms with Crippen molar-refractivity contribution >= 4 is 11.6 Å². The van der Waals surface area contributed by atoms with Gasteiger partial charge in [0.1, 0.15) is 0 Å². The van der Waals surface area contributed by atoms with E-state index < -0.39 is 0 Å². The third kappa shape index (κ3) is 6.41. The third-order valence-corrected chi connectivity index (χ3v) is 3.91. The summed E-state index contributed by atoms with van der Waals surface area (Å²) in [5.41, 5.74) is 4.17. The molecule has 4 nitrogen and oxygen atoms in total. The number of anilines is 1. The SMILES string of the molecule is CC(=O)N(Cc1ccccc1)c1cccc(Cn2cnc(C)c2)c1.CCC. The Balaban J connectivity index is 0.000000817. The molecule has 0 radical (unpaired) electrons. The lowest BCUT2D eigenvalue weighted by Crippen LogP contribution is -2.27. The molecule has 0 saturated carbocycles. The van der Waals surface area contributed by atoms with E-state index in [0.717, 1.165) is 29.1 Å². The predicted octanol–water partition coefficient (Wildman–Crippen LogP) is 5.21. The molecule has 0 spiro atoms. The summed E-state index contributed by atoms with van der Waals surface area (Å²) in [6.45, 7) is 9.15. The second-order valence-electron chi connectivity index (χ2n) is 6.66. The van der Waals surface area contributed by atoms with Gasteiger partial charge in [-0.25, -0.2) is 4.98 Å². The monoisotopic (exact) mass is 363 g/mol. The van der Waals surface area contributed by atoms with Gasteiger partial charge in [0.05, 0.1) is 18.6 Å². The fraction of sp³-hybridized carbons (Fsp3) is 0.304. The van der Waals surface area contributed by atoms with E-state index in [1.54, 1.807) is 11.8 Å². The fourth-order valence-electron chi connectivity index (χ4n) is 2.74. The number of amides is 1. The van der Waals surface area contributed by atoms with E-state index in [1.807, 2.05) is 66.5 Å². The van der Waals surface area contributed by atoms with Crippen LogP contribution in [0.4, 0.5) is 5.69 Å². The maximum atomic E-state index is 12.1. The average Bonchev–Trinajstić information content (AvgIpc) is 3.06. The van der Waals surface area contributed by atoms with Crippen LogP contribution in [0, 0.1) is 6.92 Å². The summed E-state index contributed by atoms with van der Waals surface area (Å²) in [7, 11) is 0. The molecule has 0 bridgehead atoms. The number of rotatable bonds is 5. The first-order valence-corrected chi connectivity index (χ1v) is 9.42. The number of imidazole rings is 1. The Hall–Kier alpha value is -2.88. The van der Waals surface area contributed by atoms with Gasteiger partial charge < -0.3 is 9.47 Å². The minimum Gasteiger partial charge on any atom is -0.333 e. The van der Waals surface area contributed by atoms with Gasteiger partial charge in [-0.05, 0) is 30.2 Å². The molecule has 3 rings (SSSR count). The summed E-state index contributed by atoms with van der Waals surface area (Å²) in [5.74, 6) is 0.0366. The standard InChI is InChI=1S/C20H21N3O.C3H8/c1-16-12-22(15-21-16)13-19-9-6-10-20(11-19)23(17(2)24)14-18-7-4-3-5-8-18;1-3-2/h3-12,15H,13-14H2,1-2H3;3H2,1-2H3. The highest BCUT2D eigenvalue weighted by atomic mass is 16.2. The van der Waals surface area contributed by atoms with Crippen LogP contribution in [0.2, 0.25) is 0 Å². The molecule has 2 aromatic carbocycles. The summed E-state index contributed by atoms with van der Waals surface area (Å²) >= 11 is 0. The van der Waals surface area contributed by atoms with Crippen molar-refractivity contribution in [3.8, 4) is 0 Å². The zero-order valence-electron chi connectivity index (χ0n) is 16.7. The Morgan fingerprint density at radius 2 is 1.70 bits per heavy atom. The highest BCUT2D eigenvalue weighted by molar-refractivity contribution is 5.91. The maximum Gasteiger partial charge on any atom is 0.224 e. The van der Waals surface area contributed by atoms with Gasteiger partial charge in [0, 0.05) is 25.4 Å². The van der Waals surface area contributed by atoms with Gasteiger partial charge in [0.15, 0.2) is 0 Å². The lowest BCUT2D eigenvalue weighted by molar-refractivity contribution is -0.116. The Labute approximate surface area is 162 Å². The molecule has 0 aliphatic heterocycles. The van der Waals surface area contributed by atoms with Crippen LogP contribution >= 0.6 is 0 Å². The second kappa shape index (κ2) is 10.3. The highest BCUT2D eigenvalue weighted by Crippen LogP contribution is 2.20. The van der Waals surface area contributed by atoms with Crippen LogP contribution in [0.3, 0.4) is 0 Å². The fourth-order valence-corrected chi connectivity index (χ4v) is 2.74. The molecule has 0 fully saturated rings. The van der Waals surface area contributed by atoms with Crippen molar-refractivity contribution in [3.63, 3.8) is 0 Å². The molecular formula is C23H29N3O. The molecule has 142 valence electrons. The van der Waals surface area contributed by atoms with Crippen LogP contribution in [0.15, 0.2) is 67.1 Å². The van der Waals surface area contributed by atoms with Crippen molar-refractivity contribution in [1.29, 1.82) is 0 Å². The Kier molecular flexibility index (Phi) is 7.80. The Morgan fingerprint density at radius 1 is 1.04 bits per heavy atom. The molecule has 4 heteroatoms. The van der Waals surface area contributed by atoms with E-state index in [1.165, 1.54) is 6.42 Å². The number of carbonyl (C=O) groups excluding carboxylic acids is 1. The molecule has 0 saturated heterocycles. The van der Waals surface area contributed by atoms with Crippen molar-refractivity contribution in [3.05, 3.63) is 83.9 Å². The van der Waals surface area contributed by atoms with Crippen LogP contribution in [0.25, 0.3) is 0 Å². The van der Waals surface area contributed by atoms with Crippen molar-refractivity contribution in [1.82, 2.24) is 9.55 Å². The summed E-state index contributed by atoms with van der Waals surface area (Å²) in [6, 6.07) is 18.1. The van der Waals surface area contributed by atoms with E-state index in [0.29, 0.717) is 6.54 Å². The molecule has 1 aromatic heterocycles. The first-order valence-electron chi connectivity index (χ1n) is 9.42. The van der Waals surface area contributed by atoms with Crippen molar-refractivity contribution in [2.45, 2.75) is 47.2 Å². The van der Waals surface area contributed by atoms with Crippen LogP contribution < -0.4 is 4.90 Å².